The zero-order valence-corrected chi connectivity index (χ0v) is 16.4. The van der Waals surface area contributed by atoms with E-state index in [1.54, 1.807) is 11.8 Å². The van der Waals surface area contributed by atoms with Crippen LogP contribution < -0.4 is 0 Å². The molecule has 4 rings (SSSR count). The van der Waals surface area contributed by atoms with Gasteiger partial charge < -0.3 is 8.98 Å². The molecule has 0 spiro atoms. The molecule has 0 amide bonds. The first kappa shape index (κ1) is 17.3. The van der Waals surface area contributed by atoms with Crippen molar-refractivity contribution in [2.45, 2.75) is 55.9 Å². The number of rotatable bonds is 5. The molecule has 0 unspecified atom stereocenters. The Balaban J connectivity index is 1.46. The third kappa shape index (κ3) is 3.53. The van der Waals surface area contributed by atoms with Crippen LogP contribution in [0.4, 0.5) is 0 Å². The highest BCUT2D eigenvalue weighted by molar-refractivity contribution is 7.98. The molecule has 0 aliphatic heterocycles. The largest absolute Gasteiger partial charge is 0.424 e. The summed E-state index contributed by atoms with van der Waals surface area (Å²) in [6.45, 7) is 6.64. The Labute approximate surface area is 157 Å². The highest BCUT2D eigenvalue weighted by Gasteiger charge is 2.29. The van der Waals surface area contributed by atoms with Crippen LogP contribution in [0, 0.1) is 0 Å². The third-order valence-electron chi connectivity index (χ3n) is 4.58. The van der Waals surface area contributed by atoms with Gasteiger partial charge in [0.1, 0.15) is 0 Å². The summed E-state index contributed by atoms with van der Waals surface area (Å²) in [6.07, 6.45) is 2.32. The van der Waals surface area contributed by atoms with Gasteiger partial charge in [0.15, 0.2) is 11.0 Å². The molecule has 0 saturated heterocycles. The van der Waals surface area contributed by atoms with Gasteiger partial charge in [-0.15, -0.1) is 20.4 Å². The molecule has 1 fully saturated rings. The van der Waals surface area contributed by atoms with Crippen molar-refractivity contribution in [3.63, 3.8) is 0 Å². The molecule has 0 N–H and O–H groups in total. The second-order valence-electron chi connectivity index (χ2n) is 7.79. The van der Waals surface area contributed by atoms with Crippen molar-refractivity contribution in [2.24, 2.45) is 7.05 Å². The molecule has 0 atom stereocenters. The number of hydrogen-bond acceptors (Lipinski definition) is 6. The molecule has 7 heteroatoms. The second kappa shape index (κ2) is 6.54. The van der Waals surface area contributed by atoms with Gasteiger partial charge in [0.2, 0.25) is 11.8 Å². The van der Waals surface area contributed by atoms with E-state index >= 15 is 0 Å². The number of aromatic nitrogens is 5. The second-order valence-corrected chi connectivity index (χ2v) is 8.73. The van der Waals surface area contributed by atoms with Crippen LogP contribution in [0.2, 0.25) is 0 Å². The minimum Gasteiger partial charge on any atom is -0.424 e. The maximum absolute atomic E-state index is 5.71. The predicted molar refractivity (Wildman–Crippen MR) is 101 cm³/mol. The Morgan fingerprint density at radius 2 is 1.81 bits per heavy atom. The van der Waals surface area contributed by atoms with Crippen LogP contribution in [0.3, 0.4) is 0 Å². The van der Waals surface area contributed by atoms with Gasteiger partial charge in [0, 0.05) is 18.5 Å². The highest BCUT2D eigenvalue weighted by atomic mass is 32.2. The molecule has 3 aromatic rings. The topological polar surface area (TPSA) is 69.6 Å². The summed E-state index contributed by atoms with van der Waals surface area (Å²) in [5.74, 6) is 3.37. The lowest BCUT2D eigenvalue weighted by Crippen LogP contribution is -2.10. The number of benzene rings is 1. The van der Waals surface area contributed by atoms with Crippen molar-refractivity contribution >= 4 is 11.8 Å². The number of nitrogens with zero attached hydrogens (tertiary/aromatic N) is 5. The van der Waals surface area contributed by atoms with E-state index in [0.29, 0.717) is 17.6 Å². The van der Waals surface area contributed by atoms with Crippen LogP contribution >= 0.6 is 11.8 Å². The molecule has 1 saturated carbocycles. The van der Waals surface area contributed by atoms with Crippen LogP contribution in [-0.4, -0.2) is 25.0 Å². The fraction of sp³-hybridized carbons (Fsp3) is 0.474. The van der Waals surface area contributed by atoms with Crippen LogP contribution in [0.5, 0.6) is 0 Å². The van der Waals surface area contributed by atoms with E-state index in [1.165, 1.54) is 5.56 Å². The normalized spacial score (nSPS) is 14.8. The fourth-order valence-electron chi connectivity index (χ4n) is 2.76. The van der Waals surface area contributed by atoms with E-state index < -0.39 is 0 Å². The van der Waals surface area contributed by atoms with Crippen LogP contribution in [0.15, 0.2) is 33.8 Å². The molecule has 1 aliphatic rings. The Kier molecular flexibility index (Phi) is 4.34. The van der Waals surface area contributed by atoms with E-state index in [4.69, 9.17) is 4.42 Å². The molecule has 1 aliphatic carbocycles. The Hall–Kier alpha value is -2.15. The lowest BCUT2D eigenvalue weighted by Gasteiger charge is -2.19. The first-order valence-corrected chi connectivity index (χ1v) is 9.86. The summed E-state index contributed by atoms with van der Waals surface area (Å²) in [5, 5.41) is 17.8. The fourth-order valence-corrected chi connectivity index (χ4v) is 3.51. The minimum atomic E-state index is 0.142. The van der Waals surface area contributed by atoms with Crippen molar-refractivity contribution in [2.75, 3.05) is 0 Å². The van der Waals surface area contributed by atoms with Crippen LogP contribution in [0.25, 0.3) is 11.4 Å². The van der Waals surface area contributed by atoms with E-state index in [9.17, 15) is 0 Å². The SMILES string of the molecule is Cn1c(SCc2nnc(C3CC3)o2)nnc1-c1ccc(C(C)(C)C)cc1. The van der Waals surface area contributed by atoms with Gasteiger partial charge in [0.25, 0.3) is 0 Å². The number of thioether (sulfide) groups is 1. The molecule has 136 valence electrons. The lowest BCUT2D eigenvalue weighted by atomic mass is 9.87. The average Bonchev–Trinajstić information content (AvgIpc) is 3.24. The van der Waals surface area contributed by atoms with E-state index in [0.717, 1.165) is 35.3 Å². The maximum atomic E-state index is 5.71. The molecule has 2 aromatic heterocycles. The molecule has 0 radical (unpaired) electrons. The monoisotopic (exact) mass is 369 g/mol. The van der Waals surface area contributed by atoms with Crippen LogP contribution in [0.1, 0.15) is 56.9 Å². The minimum absolute atomic E-state index is 0.142. The maximum Gasteiger partial charge on any atom is 0.226 e. The summed E-state index contributed by atoms with van der Waals surface area (Å²) in [4.78, 5) is 0. The number of hydrogen-bond donors (Lipinski definition) is 0. The average molecular weight is 369 g/mol. The first-order valence-electron chi connectivity index (χ1n) is 8.87. The zero-order valence-electron chi connectivity index (χ0n) is 15.6. The molecular formula is C19H23N5OS. The van der Waals surface area contributed by atoms with E-state index in [-0.39, 0.29) is 5.41 Å². The highest BCUT2D eigenvalue weighted by Crippen LogP contribution is 2.39. The molecular weight excluding hydrogens is 346 g/mol. The van der Waals surface area contributed by atoms with Gasteiger partial charge in [-0.05, 0) is 23.8 Å². The van der Waals surface area contributed by atoms with Gasteiger partial charge in [-0.2, -0.15) is 0 Å². The van der Waals surface area contributed by atoms with Gasteiger partial charge >= 0.3 is 0 Å². The Morgan fingerprint density at radius 1 is 1.08 bits per heavy atom. The first-order chi connectivity index (χ1) is 12.4. The third-order valence-corrected chi connectivity index (χ3v) is 5.58. The summed E-state index contributed by atoms with van der Waals surface area (Å²) < 4.78 is 7.71. The van der Waals surface area contributed by atoms with Gasteiger partial charge in [-0.3, -0.25) is 0 Å². The summed E-state index contributed by atoms with van der Waals surface area (Å²) >= 11 is 1.56. The lowest BCUT2D eigenvalue weighted by molar-refractivity contribution is 0.466. The van der Waals surface area contributed by atoms with E-state index in [2.05, 4.69) is 65.4 Å². The Morgan fingerprint density at radius 3 is 2.46 bits per heavy atom. The summed E-state index contributed by atoms with van der Waals surface area (Å²) in [6, 6.07) is 8.54. The molecule has 0 bridgehead atoms. The van der Waals surface area contributed by atoms with Gasteiger partial charge in [0.05, 0.1) is 5.75 Å². The molecule has 2 heterocycles. The molecule has 26 heavy (non-hydrogen) atoms. The van der Waals surface area contributed by atoms with Crippen molar-refractivity contribution in [1.29, 1.82) is 0 Å². The molecule has 6 nitrogen and oxygen atoms in total. The van der Waals surface area contributed by atoms with Crippen molar-refractivity contribution in [3.8, 4) is 11.4 Å². The smallest absolute Gasteiger partial charge is 0.226 e. The standard InChI is InChI=1S/C19H23N5OS/c1-19(2,3)14-9-7-12(8-10-14)16-21-23-18(24(16)4)26-11-15-20-22-17(25-15)13-5-6-13/h7-10,13H,5-6,11H2,1-4H3. The zero-order chi connectivity index (χ0) is 18.3. The quantitative estimate of drug-likeness (QED) is 0.623. The van der Waals surface area contributed by atoms with Crippen LogP contribution in [-0.2, 0) is 18.2 Å². The van der Waals surface area contributed by atoms with E-state index in [1.807, 2.05) is 11.6 Å². The van der Waals surface area contributed by atoms with Gasteiger partial charge in [-0.25, -0.2) is 0 Å². The predicted octanol–water partition coefficient (Wildman–Crippen LogP) is 4.33. The summed E-state index contributed by atoms with van der Waals surface area (Å²) in [5.41, 5.74) is 2.51. The Bertz CT molecular complexity index is 903. The van der Waals surface area contributed by atoms with Crippen molar-refractivity contribution in [1.82, 2.24) is 25.0 Å². The van der Waals surface area contributed by atoms with Crippen molar-refractivity contribution in [3.05, 3.63) is 41.6 Å². The van der Waals surface area contributed by atoms with Crippen molar-refractivity contribution < 1.29 is 4.42 Å². The molecule has 1 aromatic carbocycles. The summed E-state index contributed by atoms with van der Waals surface area (Å²) in [7, 11) is 1.98. The van der Waals surface area contributed by atoms with Gasteiger partial charge in [-0.1, -0.05) is 56.8 Å².